The Kier molecular flexibility index (Phi) is 7.45. The molecule has 1 saturated heterocycles. The molecule has 0 radical (unpaired) electrons. The van der Waals surface area contributed by atoms with Crippen molar-refractivity contribution < 1.29 is 16.8 Å². The minimum atomic E-state index is -3.79. The van der Waals surface area contributed by atoms with E-state index >= 15 is 0 Å². The number of hydrogen-bond acceptors (Lipinski definition) is 6. The van der Waals surface area contributed by atoms with Gasteiger partial charge in [-0.2, -0.15) is 5.26 Å². The molecule has 0 amide bonds. The van der Waals surface area contributed by atoms with Crippen LogP contribution in [0, 0.1) is 11.3 Å². The van der Waals surface area contributed by atoms with Crippen LogP contribution in [-0.4, -0.2) is 44.3 Å². The number of likely N-dealkylation sites (tertiary alicyclic amines) is 1. The average molecular weight is 577 g/mol. The summed E-state index contributed by atoms with van der Waals surface area (Å²) in [5, 5.41) is 9.49. The van der Waals surface area contributed by atoms with Gasteiger partial charge in [0.1, 0.15) is 5.54 Å². The third kappa shape index (κ3) is 5.35. The Morgan fingerprint density at radius 1 is 0.850 bits per heavy atom. The van der Waals surface area contributed by atoms with Gasteiger partial charge in [-0.25, -0.2) is 16.8 Å². The van der Waals surface area contributed by atoms with Gasteiger partial charge in [0.2, 0.25) is 0 Å². The number of benzene rings is 3. The molecule has 1 heterocycles. The zero-order valence-electron chi connectivity index (χ0n) is 23.2. The molecule has 2 fully saturated rings. The summed E-state index contributed by atoms with van der Waals surface area (Å²) >= 11 is 0. The Hall–Kier alpha value is -2.99. The van der Waals surface area contributed by atoms with Crippen molar-refractivity contribution in [2.45, 2.75) is 84.5 Å². The monoisotopic (exact) mass is 576 g/mol. The maximum atomic E-state index is 14.2. The number of sulfone groups is 2. The molecule has 1 aliphatic heterocycles. The SMILES string of the molecule is CC(C)(C)c1ccc([C@H]2[C@H](S(=O)(=O)c3ccccc3)C[C@H](CCS(=O)(=O)c3ccccc3)N2C2(C#N)CC2)cc1. The van der Waals surface area contributed by atoms with E-state index in [1.165, 1.54) is 0 Å². The highest BCUT2D eigenvalue weighted by Crippen LogP contribution is 2.54. The molecule has 3 atom stereocenters. The average Bonchev–Trinajstić information content (AvgIpc) is 3.64. The normalized spacial score (nSPS) is 23.0. The van der Waals surface area contributed by atoms with Crippen molar-refractivity contribution >= 4 is 19.7 Å². The summed E-state index contributed by atoms with van der Waals surface area (Å²) in [5.41, 5.74) is 1.11. The molecule has 40 heavy (non-hydrogen) atoms. The molecule has 0 N–H and O–H groups in total. The van der Waals surface area contributed by atoms with Crippen molar-refractivity contribution in [3.05, 3.63) is 96.1 Å². The molecule has 3 aromatic rings. The van der Waals surface area contributed by atoms with Gasteiger partial charge in [-0.1, -0.05) is 81.4 Å². The number of hydrogen-bond donors (Lipinski definition) is 0. The van der Waals surface area contributed by atoms with Crippen LogP contribution in [0.2, 0.25) is 0 Å². The lowest BCUT2D eigenvalue weighted by Gasteiger charge is -2.36. The molecular weight excluding hydrogens is 540 g/mol. The fraction of sp³-hybridized carbons (Fsp3) is 0.406. The zero-order chi connectivity index (χ0) is 28.8. The Morgan fingerprint density at radius 2 is 1.40 bits per heavy atom. The first kappa shape index (κ1) is 28.5. The minimum absolute atomic E-state index is 0.0673. The summed E-state index contributed by atoms with van der Waals surface area (Å²) in [5.74, 6) is -0.118. The fourth-order valence-electron chi connectivity index (χ4n) is 6.01. The molecule has 210 valence electrons. The molecule has 1 aliphatic carbocycles. The van der Waals surface area contributed by atoms with Crippen LogP contribution in [0.4, 0.5) is 0 Å². The lowest BCUT2D eigenvalue weighted by atomic mass is 9.86. The maximum absolute atomic E-state index is 14.2. The Labute approximate surface area is 238 Å². The first-order chi connectivity index (χ1) is 18.9. The van der Waals surface area contributed by atoms with Crippen molar-refractivity contribution in [3.8, 4) is 6.07 Å². The Morgan fingerprint density at radius 3 is 1.90 bits per heavy atom. The van der Waals surface area contributed by atoms with E-state index < -0.39 is 36.5 Å². The van der Waals surface area contributed by atoms with Gasteiger partial charge in [0.25, 0.3) is 0 Å². The second kappa shape index (κ2) is 10.4. The first-order valence-corrected chi connectivity index (χ1v) is 17.0. The van der Waals surface area contributed by atoms with Crippen molar-refractivity contribution in [1.29, 1.82) is 5.26 Å². The molecule has 3 aromatic carbocycles. The van der Waals surface area contributed by atoms with Gasteiger partial charge in [0.05, 0.1) is 32.9 Å². The summed E-state index contributed by atoms with van der Waals surface area (Å²) in [7, 11) is -7.36. The highest BCUT2D eigenvalue weighted by Gasteiger charge is 2.60. The van der Waals surface area contributed by atoms with Crippen LogP contribution < -0.4 is 0 Å². The molecule has 6 nitrogen and oxygen atoms in total. The van der Waals surface area contributed by atoms with Crippen molar-refractivity contribution in [1.82, 2.24) is 4.90 Å². The van der Waals surface area contributed by atoms with Crippen LogP contribution in [0.25, 0.3) is 0 Å². The molecule has 2 aliphatic rings. The zero-order valence-corrected chi connectivity index (χ0v) is 24.8. The second-order valence-electron chi connectivity index (χ2n) is 12.1. The van der Waals surface area contributed by atoms with Gasteiger partial charge in [0, 0.05) is 6.04 Å². The highest BCUT2D eigenvalue weighted by atomic mass is 32.2. The van der Waals surface area contributed by atoms with Crippen LogP contribution >= 0.6 is 0 Å². The smallest absolute Gasteiger partial charge is 0.183 e. The Bertz CT molecular complexity index is 1600. The van der Waals surface area contributed by atoms with E-state index in [0.29, 0.717) is 12.8 Å². The molecule has 5 rings (SSSR count). The van der Waals surface area contributed by atoms with E-state index in [1.807, 2.05) is 24.3 Å². The topological polar surface area (TPSA) is 95.3 Å². The summed E-state index contributed by atoms with van der Waals surface area (Å²) in [6.07, 6.45) is 1.79. The summed E-state index contributed by atoms with van der Waals surface area (Å²) in [4.78, 5) is 2.56. The van der Waals surface area contributed by atoms with Gasteiger partial charge in [-0.3, -0.25) is 4.90 Å². The van der Waals surface area contributed by atoms with Crippen molar-refractivity contribution in [3.63, 3.8) is 0 Å². The standard InChI is InChI=1S/C32H36N2O4S2/c1-31(2,3)25-16-14-24(15-17-25)30-29(40(37,38)28-12-8-5-9-13-28)22-26(34(30)32(23-33)19-20-32)18-21-39(35,36)27-10-6-4-7-11-27/h4-17,26,29-30H,18-22H2,1-3H3/t26-,29+,30-/m0/s1. The van der Waals surface area contributed by atoms with E-state index in [2.05, 4.69) is 31.7 Å². The van der Waals surface area contributed by atoms with E-state index in [0.717, 1.165) is 11.1 Å². The van der Waals surface area contributed by atoms with Crippen LogP contribution in [0.1, 0.15) is 63.6 Å². The predicted molar refractivity (Wildman–Crippen MR) is 156 cm³/mol. The van der Waals surface area contributed by atoms with Gasteiger partial charge >= 0.3 is 0 Å². The second-order valence-corrected chi connectivity index (χ2v) is 16.4. The van der Waals surface area contributed by atoms with Crippen LogP contribution in [-0.2, 0) is 25.1 Å². The Balaban J connectivity index is 1.58. The fourth-order valence-corrected chi connectivity index (χ4v) is 9.39. The molecule has 8 heteroatoms. The van der Waals surface area contributed by atoms with Crippen molar-refractivity contribution in [2.75, 3.05) is 5.75 Å². The molecule has 0 bridgehead atoms. The predicted octanol–water partition coefficient (Wildman–Crippen LogP) is 5.86. The largest absolute Gasteiger partial charge is 0.274 e. The van der Waals surface area contributed by atoms with Gasteiger partial charge in [-0.05, 0) is 66.5 Å². The van der Waals surface area contributed by atoms with Crippen molar-refractivity contribution in [2.24, 2.45) is 0 Å². The third-order valence-corrected chi connectivity index (χ3v) is 12.3. The highest BCUT2D eigenvalue weighted by molar-refractivity contribution is 7.92. The van der Waals surface area contributed by atoms with Gasteiger partial charge in [0.15, 0.2) is 19.7 Å². The van der Waals surface area contributed by atoms with Crippen LogP contribution in [0.15, 0.2) is 94.7 Å². The lowest BCUT2D eigenvalue weighted by Crippen LogP contribution is -2.43. The number of rotatable bonds is 8. The molecule has 0 unspecified atom stereocenters. The van der Waals surface area contributed by atoms with Crippen LogP contribution in [0.5, 0.6) is 0 Å². The quantitative estimate of drug-likeness (QED) is 0.333. The molecular formula is C32H36N2O4S2. The summed E-state index contributed by atoms with van der Waals surface area (Å²) < 4.78 is 54.8. The summed E-state index contributed by atoms with van der Waals surface area (Å²) in [6.45, 7) is 6.39. The number of nitrogens with zero attached hydrogens (tertiary/aromatic N) is 2. The first-order valence-electron chi connectivity index (χ1n) is 13.8. The van der Waals surface area contributed by atoms with Gasteiger partial charge < -0.3 is 0 Å². The maximum Gasteiger partial charge on any atom is 0.183 e. The summed E-state index contributed by atoms with van der Waals surface area (Å²) in [6, 6.07) is 26.4. The van der Waals surface area contributed by atoms with Gasteiger partial charge in [-0.15, -0.1) is 0 Å². The van der Waals surface area contributed by atoms with E-state index in [-0.39, 0.29) is 39.8 Å². The van der Waals surface area contributed by atoms with Crippen LogP contribution in [0.3, 0.4) is 0 Å². The van der Waals surface area contributed by atoms with E-state index in [1.54, 1.807) is 60.7 Å². The minimum Gasteiger partial charge on any atom is -0.274 e. The third-order valence-electron chi connectivity index (χ3n) is 8.39. The van der Waals surface area contributed by atoms with E-state index in [4.69, 9.17) is 0 Å². The molecule has 0 spiro atoms. The lowest BCUT2D eigenvalue weighted by molar-refractivity contribution is 0.141. The molecule has 0 aromatic heterocycles. The molecule has 1 saturated carbocycles. The van der Waals surface area contributed by atoms with E-state index in [9.17, 15) is 22.1 Å². The number of nitriles is 1.